The van der Waals surface area contributed by atoms with E-state index in [1.54, 1.807) is 6.20 Å². The molecule has 3 aliphatic rings. The molecule has 2 aromatic carbocycles. The first kappa shape index (κ1) is 39.4. The van der Waals surface area contributed by atoms with Crippen LogP contribution in [-0.4, -0.2) is 61.9 Å². The number of carbonyl (C=O) groups is 3. The van der Waals surface area contributed by atoms with Gasteiger partial charge in [-0.05, 0) is 135 Å². The number of anilines is 1. The second-order valence-corrected chi connectivity index (χ2v) is 15.3. The Kier molecular flexibility index (Phi) is 12.1. The highest BCUT2D eigenvalue weighted by Gasteiger charge is 2.60. The van der Waals surface area contributed by atoms with E-state index in [-0.39, 0.29) is 35.4 Å². The summed E-state index contributed by atoms with van der Waals surface area (Å²) >= 11 is 6.22. The Morgan fingerprint density at radius 2 is 1.85 bits per heavy atom. The number of halogens is 4. The summed E-state index contributed by atoms with van der Waals surface area (Å²) in [6.45, 7) is 3.48. The second-order valence-electron chi connectivity index (χ2n) is 14.9. The predicted molar refractivity (Wildman–Crippen MR) is 198 cm³/mol. The quantitative estimate of drug-likeness (QED) is 0.102. The van der Waals surface area contributed by atoms with Crippen molar-refractivity contribution in [3.8, 4) is 11.5 Å². The number of nitrogens with zero attached hydrogens (tertiary/aromatic N) is 2. The van der Waals surface area contributed by atoms with E-state index in [1.165, 1.54) is 29.8 Å². The third kappa shape index (κ3) is 8.04. The predicted octanol–water partition coefficient (Wildman–Crippen LogP) is 7.73. The van der Waals surface area contributed by atoms with Gasteiger partial charge >= 0.3 is 18.1 Å². The van der Waals surface area contributed by atoms with Gasteiger partial charge in [0.2, 0.25) is 6.41 Å². The average molecular weight is 770 g/mol. The first-order valence-corrected chi connectivity index (χ1v) is 19.1. The van der Waals surface area contributed by atoms with Crippen LogP contribution in [-0.2, 0) is 43.8 Å². The van der Waals surface area contributed by atoms with Crippen molar-refractivity contribution in [1.29, 1.82) is 0 Å². The molecule has 3 aromatic rings. The van der Waals surface area contributed by atoms with E-state index in [0.29, 0.717) is 56.1 Å². The number of amides is 2. The highest BCUT2D eigenvalue weighted by molar-refractivity contribution is 6.31. The number of methoxy groups -OCH3 is 1. The van der Waals surface area contributed by atoms with Gasteiger partial charge in [0.1, 0.15) is 17.0 Å². The molecule has 54 heavy (non-hydrogen) atoms. The third-order valence-electron chi connectivity index (χ3n) is 11.6. The van der Waals surface area contributed by atoms with E-state index in [2.05, 4.69) is 17.2 Å². The third-order valence-corrected chi connectivity index (χ3v) is 11.8. The molecule has 1 fully saturated rings. The summed E-state index contributed by atoms with van der Waals surface area (Å²) in [5, 5.41) is 2.75. The SMILES string of the molecule is COC(=O)C1(N(C(=O)C(F)(F)F)c2cccc(Cl)c2)CCC2(CC1)c1cc(OCCCNC=O)ccc1CC2C[C@@H](C)COc1ccnc2c1CCCC2. The summed E-state index contributed by atoms with van der Waals surface area (Å²) in [5.41, 5.74) is 1.85. The van der Waals surface area contributed by atoms with Gasteiger partial charge in [-0.3, -0.25) is 19.5 Å². The Morgan fingerprint density at radius 1 is 1.07 bits per heavy atom. The molecular formula is C41H47ClF3N3O6. The maximum absolute atomic E-state index is 14.4. The van der Waals surface area contributed by atoms with Crippen molar-refractivity contribution in [2.75, 3.05) is 31.8 Å². The molecule has 1 N–H and O–H groups in total. The van der Waals surface area contributed by atoms with Gasteiger partial charge in [0.05, 0.1) is 20.3 Å². The standard InChI is InChI=1S/C41H47ClF3N3O6/c1-27(25-54-36-13-19-47-35-10-4-3-9-33(35)36)21-29-22-28-11-12-32(53-20-6-18-46-26-49)24-34(28)39(29)14-16-40(17-15-39,38(51)52-2)48(37(50)41(43,44)45)31-8-5-7-30(42)23-31/h5,7-8,11-13,19,23-24,26-27,29H,3-4,6,9-10,14-18,20-22,25H2,1-2H3,(H,46,49)/t27-,29?,39?,40?/m1/s1. The van der Waals surface area contributed by atoms with Gasteiger partial charge < -0.3 is 19.5 Å². The molecule has 1 spiro atoms. The topological polar surface area (TPSA) is 107 Å². The summed E-state index contributed by atoms with van der Waals surface area (Å²) in [7, 11) is 1.13. The number of carbonyl (C=O) groups excluding carboxylic acids is 3. The highest BCUT2D eigenvalue weighted by atomic mass is 35.5. The number of aromatic nitrogens is 1. The van der Waals surface area contributed by atoms with Gasteiger partial charge in [-0.15, -0.1) is 0 Å². The number of rotatable bonds is 14. The second kappa shape index (κ2) is 16.6. The number of hydrogen-bond acceptors (Lipinski definition) is 7. The van der Waals surface area contributed by atoms with Crippen LogP contribution < -0.4 is 19.7 Å². The van der Waals surface area contributed by atoms with Gasteiger partial charge in [0.25, 0.3) is 0 Å². The lowest BCUT2D eigenvalue weighted by molar-refractivity contribution is -0.174. The summed E-state index contributed by atoms with van der Waals surface area (Å²) in [6.07, 6.45) is 3.89. The fourth-order valence-corrected chi connectivity index (χ4v) is 9.20. The Morgan fingerprint density at radius 3 is 2.57 bits per heavy atom. The molecular weight excluding hydrogens is 723 g/mol. The van der Waals surface area contributed by atoms with Crippen molar-refractivity contribution in [3.05, 3.63) is 82.1 Å². The fourth-order valence-electron chi connectivity index (χ4n) is 9.01. The Labute approximate surface area is 318 Å². The van der Waals surface area contributed by atoms with Crippen molar-refractivity contribution >= 4 is 35.6 Å². The van der Waals surface area contributed by atoms with E-state index in [4.69, 9.17) is 25.8 Å². The zero-order valence-corrected chi connectivity index (χ0v) is 31.4. The van der Waals surface area contributed by atoms with Crippen molar-refractivity contribution in [3.63, 3.8) is 0 Å². The van der Waals surface area contributed by atoms with Crippen LogP contribution in [0.15, 0.2) is 54.7 Å². The van der Waals surface area contributed by atoms with Gasteiger partial charge in [0, 0.05) is 34.7 Å². The first-order valence-electron chi connectivity index (χ1n) is 18.7. The molecule has 0 bridgehead atoms. The summed E-state index contributed by atoms with van der Waals surface area (Å²) < 4.78 is 60.8. The molecule has 1 heterocycles. The maximum atomic E-state index is 14.4. The number of pyridine rings is 1. The van der Waals surface area contributed by atoms with Crippen LogP contribution in [0, 0.1) is 11.8 Å². The monoisotopic (exact) mass is 769 g/mol. The number of esters is 1. The largest absolute Gasteiger partial charge is 0.494 e. The molecule has 0 aliphatic heterocycles. The van der Waals surface area contributed by atoms with Crippen LogP contribution in [0.3, 0.4) is 0 Å². The number of hydrogen-bond donors (Lipinski definition) is 1. The molecule has 0 radical (unpaired) electrons. The van der Waals surface area contributed by atoms with E-state index >= 15 is 0 Å². The molecule has 13 heteroatoms. The smallest absolute Gasteiger partial charge is 0.471 e. The number of aryl methyl sites for hydroxylation is 1. The highest BCUT2D eigenvalue weighted by Crippen LogP contribution is 2.58. The summed E-state index contributed by atoms with van der Waals surface area (Å²) in [4.78, 5) is 42.9. The average Bonchev–Trinajstić information content (AvgIpc) is 3.45. The molecule has 9 nitrogen and oxygen atoms in total. The van der Waals surface area contributed by atoms with Crippen LogP contribution in [0.4, 0.5) is 18.9 Å². The zero-order valence-electron chi connectivity index (χ0n) is 30.7. The molecule has 3 aliphatic carbocycles. The van der Waals surface area contributed by atoms with E-state index < -0.39 is 29.0 Å². The van der Waals surface area contributed by atoms with Crippen LogP contribution in [0.1, 0.15) is 80.7 Å². The van der Waals surface area contributed by atoms with E-state index in [0.717, 1.165) is 68.2 Å². The van der Waals surface area contributed by atoms with E-state index in [1.807, 2.05) is 24.3 Å². The number of benzene rings is 2. The lowest BCUT2D eigenvalue weighted by atomic mass is 9.59. The van der Waals surface area contributed by atoms with Crippen molar-refractivity contribution in [2.24, 2.45) is 11.8 Å². The molecule has 2 atom stereocenters. The number of nitrogens with one attached hydrogen (secondary N) is 1. The van der Waals surface area contributed by atoms with Gasteiger partial charge in [-0.25, -0.2) is 4.79 Å². The number of alkyl halides is 3. The molecule has 290 valence electrons. The molecule has 1 saturated carbocycles. The van der Waals surface area contributed by atoms with Crippen molar-refractivity contribution in [2.45, 2.75) is 94.7 Å². The zero-order chi connectivity index (χ0) is 38.5. The summed E-state index contributed by atoms with van der Waals surface area (Å²) in [5.74, 6) is -1.35. The number of ether oxygens (including phenoxy) is 3. The molecule has 1 aromatic heterocycles. The molecule has 2 amide bonds. The first-order chi connectivity index (χ1) is 25.9. The van der Waals surface area contributed by atoms with Gasteiger partial charge in [-0.2, -0.15) is 13.2 Å². The van der Waals surface area contributed by atoms with Crippen LogP contribution in [0.5, 0.6) is 11.5 Å². The van der Waals surface area contributed by atoms with Crippen molar-refractivity contribution in [1.82, 2.24) is 10.3 Å². The molecule has 6 rings (SSSR count). The lowest BCUT2D eigenvalue weighted by Gasteiger charge is -2.51. The van der Waals surface area contributed by atoms with Gasteiger partial charge in [0.15, 0.2) is 0 Å². The normalized spacial score (nSPS) is 22.4. The lowest BCUT2D eigenvalue weighted by Crippen LogP contribution is -2.63. The summed E-state index contributed by atoms with van der Waals surface area (Å²) in [6, 6.07) is 13.5. The van der Waals surface area contributed by atoms with Crippen molar-refractivity contribution < 1.29 is 41.8 Å². The molecule has 0 saturated heterocycles. The fraction of sp³-hybridized carbons (Fsp3) is 0.512. The Hall–Kier alpha value is -4.32. The Bertz CT molecular complexity index is 1830. The Balaban J connectivity index is 1.32. The minimum absolute atomic E-state index is 0.0677. The minimum Gasteiger partial charge on any atom is -0.494 e. The van der Waals surface area contributed by atoms with E-state index in [9.17, 15) is 27.6 Å². The minimum atomic E-state index is -5.27. The van der Waals surface area contributed by atoms with Crippen LogP contribution in [0.25, 0.3) is 0 Å². The number of fused-ring (bicyclic) bond motifs is 3. The van der Waals surface area contributed by atoms with Gasteiger partial charge in [-0.1, -0.05) is 30.7 Å². The maximum Gasteiger partial charge on any atom is 0.471 e. The van der Waals surface area contributed by atoms with Crippen LogP contribution >= 0.6 is 11.6 Å². The molecule has 1 unspecified atom stereocenters. The van der Waals surface area contributed by atoms with Crippen LogP contribution in [0.2, 0.25) is 5.02 Å².